The van der Waals surface area contributed by atoms with E-state index in [1.165, 1.54) is 12.7 Å². The van der Waals surface area contributed by atoms with E-state index in [0.717, 1.165) is 0 Å². The first-order chi connectivity index (χ1) is 7.56. The minimum atomic E-state index is -4.17. The maximum absolute atomic E-state index is 11.9. The Balaban J connectivity index is 2.07. The zero-order valence-corrected chi connectivity index (χ0v) is 8.04. The fraction of sp³-hybridized carbons (Fsp3) is 0.375. The second-order valence-corrected chi connectivity index (χ2v) is 3.12. The summed E-state index contributed by atoms with van der Waals surface area (Å²) >= 11 is 0. The molecule has 5 nitrogen and oxygen atoms in total. The van der Waals surface area contributed by atoms with E-state index in [9.17, 15) is 13.2 Å². The van der Waals surface area contributed by atoms with Crippen LogP contribution in [-0.2, 0) is 0 Å². The number of anilines is 1. The van der Waals surface area contributed by atoms with Crippen molar-refractivity contribution in [2.45, 2.75) is 12.6 Å². The van der Waals surface area contributed by atoms with Gasteiger partial charge in [-0.2, -0.15) is 13.2 Å². The highest BCUT2D eigenvalue weighted by atomic mass is 19.4. The van der Waals surface area contributed by atoms with Crippen LogP contribution in [-0.4, -0.2) is 32.7 Å². The van der Waals surface area contributed by atoms with Gasteiger partial charge in [-0.1, -0.05) is 0 Å². The number of aromatic nitrogens is 4. The lowest BCUT2D eigenvalue weighted by Crippen LogP contribution is -2.15. The van der Waals surface area contributed by atoms with Crippen LogP contribution >= 0.6 is 0 Å². The van der Waals surface area contributed by atoms with Crippen LogP contribution in [0.1, 0.15) is 6.42 Å². The summed E-state index contributed by atoms with van der Waals surface area (Å²) in [6, 6.07) is 0. The zero-order chi connectivity index (χ0) is 11.6. The Morgan fingerprint density at radius 3 is 2.81 bits per heavy atom. The Morgan fingerprint density at radius 2 is 2.06 bits per heavy atom. The van der Waals surface area contributed by atoms with Gasteiger partial charge in [-0.05, 0) is 0 Å². The van der Waals surface area contributed by atoms with Crippen molar-refractivity contribution in [2.75, 3.05) is 11.9 Å². The van der Waals surface area contributed by atoms with E-state index in [2.05, 4.69) is 25.3 Å². The van der Waals surface area contributed by atoms with Crippen molar-refractivity contribution in [3.8, 4) is 0 Å². The van der Waals surface area contributed by atoms with Crippen molar-refractivity contribution in [2.24, 2.45) is 0 Å². The minimum absolute atomic E-state index is 0.228. The fourth-order valence-electron chi connectivity index (χ4n) is 1.22. The molecule has 0 aliphatic carbocycles. The number of H-pyrrole nitrogens is 1. The number of hydrogen-bond donors (Lipinski definition) is 2. The summed E-state index contributed by atoms with van der Waals surface area (Å²) in [5.41, 5.74) is 0.925. The Labute approximate surface area is 88.1 Å². The third-order valence-corrected chi connectivity index (χ3v) is 1.92. The summed E-state index contributed by atoms with van der Waals surface area (Å²) in [4.78, 5) is 14.3. The molecule has 0 amide bonds. The van der Waals surface area contributed by atoms with E-state index in [0.29, 0.717) is 17.0 Å². The average molecular weight is 231 g/mol. The summed E-state index contributed by atoms with van der Waals surface area (Å²) < 4.78 is 35.8. The normalized spacial score (nSPS) is 11.9. The van der Waals surface area contributed by atoms with E-state index in [-0.39, 0.29) is 6.54 Å². The van der Waals surface area contributed by atoms with Gasteiger partial charge in [0.1, 0.15) is 11.8 Å². The molecule has 0 bridgehead atoms. The monoisotopic (exact) mass is 231 g/mol. The maximum Gasteiger partial charge on any atom is 0.390 e. The van der Waals surface area contributed by atoms with Gasteiger partial charge in [0, 0.05) is 6.54 Å². The second kappa shape index (κ2) is 3.95. The van der Waals surface area contributed by atoms with Crippen molar-refractivity contribution >= 4 is 17.0 Å². The molecule has 2 rings (SSSR count). The van der Waals surface area contributed by atoms with Crippen molar-refractivity contribution in [3.05, 3.63) is 12.7 Å². The first-order valence-electron chi connectivity index (χ1n) is 4.51. The Morgan fingerprint density at radius 1 is 1.25 bits per heavy atom. The van der Waals surface area contributed by atoms with E-state index in [1.807, 2.05) is 0 Å². The molecule has 86 valence electrons. The first kappa shape index (κ1) is 10.7. The van der Waals surface area contributed by atoms with Gasteiger partial charge in [0.05, 0.1) is 12.7 Å². The molecule has 0 fully saturated rings. The van der Waals surface area contributed by atoms with Crippen molar-refractivity contribution in [3.63, 3.8) is 0 Å². The van der Waals surface area contributed by atoms with E-state index in [1.54, 1.807) is 0 Å². The number of nitrogens with one attached hydrogen (secondary N) is 2. The molecule has 0 saturated heterocycles. The number of hydrogen-bond acceptors (Lipinski definition) is 4. The molecule has 0 saturated carbocycles. The van der Waals surface area contributed by atoms with Crippen LogP contribution in [0.3, 0.4) is 0 Å². The van der Waals surface area contributed by atoms with Crippen LogP contribution in [0.5, 0.6) is 0 Å². The van der Waals surface area contributed by atoms with Crippen LogP contribution < -0.4 is 5.32 Å². The summed E-state index contributed by atoms with van der Waals surface area (Å²) in [5, 5.41) is 2.59. The number of imidazole rings is 1. The van der Waals surface area contributed by atoms with Gasteiger partial charge in [-0.25, -0.2) is 15.0 Å². The molecular weight excluding hydrogens is 223 g/mol. The molecule has 2 heterocycles. The lowest BCUT2D eigenvalue weighted by molar-refractivity contribution is -0.131. The number of fused-ring (bicyclic) bond motifs is 1. The number of alkyl halides is 3. The summed E-state index contributed by atoms with van der Waals surface area (Å²) in [7, 11) is 0. The van der Waals surface area contributed by atoms with Crippen LogP contribution in [0.15, 0.2) is 12.7 Å². The van der Waals surface area contributed by atoms with Gasteiger partial charge >= 0.3 is 6.18 Å². The molecule has 2 aromatic rings. The largest absolute Gasteiger partial charge is 0.390 e. The highest BCUT2D eigenvalue weighted by molar-refractivity contribution is 5.81. The predicted octanol–water partition coefficient (Wildman–Crippen LogP) is 1.72. The maximum atomic E-state index is 11.9. The molecular formula is C8H8F3N5. The van der Waals surface area contributed by atoms with Crippen molar-refractivity contribution < 1.29 is 13.2 Å². The van der Waals surface area contributed by atoms with Crippen molar-refractivity contribution in [1.82, 2.24) is 19.9 Å². The van der Waals surface area contributed by atoms with Crippen LogP contribution in [0.2, 0.25) is 0 Å². The molecule has 16 heavy (non-hydrogen) atoms. The number of rotatable bonds is 3. The van der Waals surface area contributed by atoms with Gasteiger partial charge in [0.15, 0.2) is 11.5 Å². The van der Waals surface area contributed by atoms with E-state index in [4.69, 9.17) is 0 Å². The molecule has 0 aromatic carbocycles. The highest BCUT2D eigenvalue weighted by Gasteiger charge is 2.26. The lowest BCUT2D eigenvalue weighted by atomic mass is 10.4. The molecule has 0 unspecified atom stereocenters. The molecule has 0 spiro atoms. The average Bonchev–Trinajstić information content (AvgIpc) is 2.64. The fourth-order valence-corrected chi connectivity index (χ4v) is 1.22. The minimum Gasteiger partial charge on any atom is -0.368 e. The summed E-state index contributed by atoms with van der Waals surface area (Å²) in [6.07, 6.45) is -2.42. The topological polar surface area (TPSA) is 66.5 Å². The highest BCUT2D eigenvalue weighted by Crippen LogP contribution is 2.20. The molecule has 8 heteroatoms. The molecule has 0 radical (unpaired) electrons. The van der Waals surface area contributed by atoms with Crippen LogP contribution in [0.25, 0.3) is 11.2 Å². The molecule has 0 aliphatic rings. The number of aromatic amines is 1. The van der Waals surface area contributed by atoms with Crippen LogP contribution in [0.4, 0.5) is 19.0 Å². The lowest BCUT2D eigenvalue weighted by Gasteiger charge is -2.08. The SMILES string of the molecule is FC(F)(F)CCNc1ncnc2nc[nH]c12. The third-order valence-electron chi connectivity index (χ3n) is 1.92. The van der Waals surface area contributed by atoms with Crippen LogP contribution in [0, 0.1) is 0 Å². The predicted molar refractivity (Wildman–Crippen MR) is 50.8 cm³/mol. The first-order valence-corrected chi connectivity index (χ1v) is 4.51. The van der Waals surface area contributed by atoms with Gasteiger partial charge in [-0.3, -0.25) is 0 Å². The van der Waals surface area contributed by atoms with Gasteiger partial charge in [0.2, 0.25) is 0 Å². The van der Waals surface area contributed by atoms with Crippen molar-refractivity contribution in [1.29, 1.82) is 0 Å². The van der Waals surface area contributed by atoms with E-state index < -0.39 is 12.6 Å². The molecule has 2 N–H and O–H groups in total. The molecule has 0 atom stereocenters. The number of nitrogens with zero attached hydrogens (tertiary/aromatic N) is 3. The smallest absolute Gasteiger partial charge is 0.368 e. The van der Waals surface area contributed by atoms with E-state index >= 15 is 0 Å². The Kier molecular flexibility index (Phi) is 2.63. The Bertz CT molecular complexity index is 478. The summed E-state index contributed by atoms with van der Waals surface area (Å²) in [5.74, 6) is 0.326. The second-order valence-electron chi connectivity index (χ2n) is 3.12. The zero-order valence-electron chi connectivity index (χ0n) is 8.04. The van der Waals surface area contributed by atoms with Gasteiger partial charge < -0.3 is 10.3 Å². The third kappa shape index (κ3) is 2.38. The van der Waals surface area contributed by atoms with Gasteiger partial charge in [0.25, 0.3) is 0 Å². The Hall–Kier alpha value is -1.86. The number of halogens is 3. The van der Waals surface area contributed by atoms with Gasteiger partial charge in [-0.15, -0.1) is 0 Å². The molecule has 2 aromatic heterocycles. The summed E-state index contributed by atoms with van der Waals surface area (Å²) in [6.45, 7) is -0.228. The quantitative estimate of drug-likeness (QED) is 0.844. The molecule has 0 aliphatic heterocycles. The standard InChI is InChI=1S/C8H8F3N5/c9-8(10,11)1-2-12-6-5-7(14-3-13-5)16-4-15-6/h3-4H,1-2H2,(H2,12,13,14,15,16).